The number of H-pyrrole nitrogens is 1. The van der Waals surface area contributed by atoms with Gasteiger partial charge in [-0.1, -0.05) is 0 Å². The number of rotatable bonds is 2. The molecule has 1 aromatic rings. The van der Waals surface area contributed by atoms with Gasteiger partial charge in [-0.25, -0.2) is 8.42 Å². The predicted octanol–water partition coefficient (Wildman–Crippen LogP) is -0.0244. The van der Waals surface area contributed by atoms with Gasteiger partial charge < -0.3 is 4.74 Å². The van der Waals surface area contributed by atoms with E-state index in [2.05, 4.69) is 10.2 Å². The molecule has 1 N–H and O–H groups in total. The maximum absolute atomic E-state index is 11.1. The van der Waals surface area contributed by atoms with Gasteiger partial charge in [-0.05, 0) is 6.42 Å². The van der Waals surface area contributed by atoms with E-state index in [9.17, 15) is 8.42 Å². The van der Waals surface area contributed by atoms with E-state index in [0.717, 1.165) is 0 Å². The molecule has 1 aliphatic heterocycles. The molecule has 1 saturated heterocycles. The Hall–Kier alpha value is -1.04. The summed E-state index contributed by atoms with van der Waals surface area (Å²) in [4.78, 5) is 0. The highest BCUT2D eigenvalue weighted by molar-refractivity contribution is 7.91. The topological polar surface area (TPSA) is 72.1 Å². The van der Waals surface area contributed by atoms with Gasteiger partial charge >= 0.3 is 0 Å². The minimum absolute atomic E-state index is 0.111. The molecular formula is C7H10N2O3S. The molecule has 0 aliphatic carbocycles. The molecule has 0 saturated carbocycles. The molecule has 6 heteroatoms. The Kier molecular flexibility index (Phi) is 1.99. The largest absolute Gasteiger partial charge is 0.472 e. The second-order valence-electron chi connectivity index (χ2n) is 3.06. The molecule has 0 aromatic carbocycles. The van der Waals surface area contributed by atoms with Gasteiger partial charge in [0, 0.05) is 12.3 Å². The smallest absolute Gasteiger partial charge is 0.232 e. The Morgan fingerprint density at radius 2 is 2.46 bits per heavy atom. The fraction of sp³-hybridized carbons (Fsp3) is 0.571. The van der Waals surface area contributed by atoms with Crippen LogP contribution in [0.1, 0.15) is 6.42 Å². The SMILES string of the molecule is O=S1(=O)CCC(Oc2cc[nH]n2)C1. The molecule has 13 heavy (non-hydrogen) atoms. The van der Waals surface area contributed by atoms with E-state index in [1.54, 1.807) is 12.3 Å². The number of hydrogen-bond donors (Lipinski definition) is 1. The van der Waals surface area contributed by atoms with E-state index >= 15 is 0 Å². The fourth-order valence-corrected chi connectivity index (χ4v) is 2.93. The first-order chi connectivity index (χ1) is 6.16. The molecule has 1 aliphatic rings. The molecule has 5 nitrogen and oxygen atoms in total. The predicted molar refractivity (Wildman–Crippen MR) is 46.3 cm³/mol. The third kappa shape index (κ3) is 2.00. The van der Waals surface area contributed by atoms with Crippen LogP contribution in [0.15, 0.2) is 12.3 Å². The van der Waals surface area contributed by atoms with Crippen LogP contribution >= 0.6 is 0 Å². The van der Waals surface area contributed by atoms with Crippen molar-refractivity contribution in [2.45, 2.75) is 12.5 Å². The van der Waals surface area contributed by atoms with Crippen molar-refractivity contribution in [3.8, 4) is 5.88 Å². The van der Waals surface area contributed by atoms with Gasteiger partial charge in [-0.2, -0.15) is 0 Å². The number of aromatic amines is 1. The van der Waals surface area contributed by atoms with E-state index in [1.807, 2.05) is 0 Å². The molecule has 2 rings (SSSR count). The van der Waals surface area contributed by atoms with E-state index in [-0.39, 0.29) is 17.6 Å². The summed E-state index contributed by atoms with van der Waals surface area (Å²) in [5.41, 5.74) is 0. The lowest BCUT2D eigenvalue weighted by Gasteiger charge is -2.07. The zero-order chi connectivity index (χ0) is 9.31. The molecule has 0 spiro atoms. The number of nitrogens with one attached hydrogen (secondary N) is 1. The fourth-order valence-electron chi connectivity index (χ4n) is 1.34. The highest BCUT2D eigenvalue weighted by atomic mass is 32.2. The van der Waals surface area contributed by atoms with Crippen LogP contribution in [0.4, 0.5) is 0 Å². The first-order valence-corrected chi connectivity index (χ1v) is 5.85. The number of nitrogens with zero attached hydrogens (tertiary/aromatic N) is 1. The van der Waals surface area contributed by atoms with Gasteiger partial charge in [-0.3, -0.25) is 5.10 Å². The lowest BCUT2D eigenvalue weighted by atomic mass is 10.3. The van der Waals surface area contributed by atoms with Crippen LogP contribution in [-0.4, -0.2) is 36.2 Å². The van der Waals surface area contributed by atoms with E-state index in [1.165, 1.54) is 0 Å². The van der Waals surface area contributed by atoms with Crippen LogP contribution in [0, 0.1) is 0 Å². The normalized spacial score (nSPS) is 26.0. The first kappa shape index (κ1) is 8.55. The molecule has 1 fully saturated rings. The van der Waals surface area contributed by atoms with Gasteiger partial charge in [0.15, 0.2) is 9.84 Å². The van der Waals surface area contributed by atoms with Crippen molar-refractivity contribution in [2.75, 3.05) is 11.5 Å². The van der Waals surface area contributed by atoms with Gasteiger partial charge in [0.2, 0.25) is 5.88 Å². The summed E-state index contributed by atoms with van der Waals surface area (Å²) in [6, 6.07) is 1.67. The third-order valence-electron chi connectivity index (χ3n) is 1.95. The molecular weight excluding hydrogens is 192 g/mol. The zero-order valence-corrected chi connectivity index (χ0v) is 7.75. The number of aromatic nitrogens is 2. The van der Waals surface area contributed by atoms with Crippen molar-refractivity contribution in [3.63, 3.8) is 0 Å². The molecule has 1 atom stereocenters. The summed E-state index contributed by atoms with van der Waals surface area (Å²) in [5.74, 6) is 0.796. The zero-order valence-electron chi connectivity index (χ0n) is 6.93. The van der Waals surface area contributed by atoms with Crippen LogP contribution in [0.2, 0.25) is 0 Å². The lowest BCUT2D eigenvalue weighted by molar-refractivity contribution is 0.219. The molecule has 0 bridgehead atoms. The van der Waals surface area contributed by atoms with Crippen LogP contribution in [-0.2, 0) is 9.84 Å². The van der Waals surface area contributed by atoms with Crippen LogP contribution in [0.25, 0.3) is 0 Å². The number of hydrogen-bond acceptors (Lipinski definition) is 4. The minimum Gasteiger partial charge on any atom is -0.472 e. The van der Waals surface area contributed by atoms with Crippen LogP contribution < -0.4 is 4.74 Å². The van der Waals surface area contributed by atoms with Crippen LogP contribution in [0.5, 0.6) is 5.88 Å². The van der Waals surface area contributed by atoms with Gasteiger partial charge in [0.1, 0.15) is 6.10 Å². The van der Waals surface area contributed by atoms with Gasteiger partial charge in [0.25, 0.3) is 0 Å². The van der Waals surface area contributed by atoms with E-state index in [4.69, 9.17) is 4.74 Å². The van der Waals surface area contributed by atoms with Gasteiger partial charge in [0.05, 0.1) is 11.5 Å². The Morgan fingerprint density at radius 1 is 1.62 bits per heavy atom. The van der Waals surface area contributed by atoms with Crippen molar-refractivity contribution in [1.29, 1.82) is 0 Å². The van der Waals surface area contributed by atoms with E-state index in [0.29, 0.717) is 12.3 Å². The molecule has 1 aromatic heterocycles. The number of ether oxygens (including phenoxy) is 1. The van der Waals surface area contributed by atoms with Crippen molar-refractivity contribution < 1.29 is 13.2 Å². The average Bonchev–Trinajstić information content (AvgIpc) is 2.61. The van der Waals surface area contributed by atoms with Crippen molar-refractivity contribution in [3.05, 3.63) is 12.3 Å². The Labute approximate surface area is 76.0 Å². The molecule has 0 radical (unpaired) electrons. The van der Waals surface area contributed by atoms with Crippen molar-refractivity contribution in [1.82, 2.24) is 10.2 Å². The average molecular weight is 202 g/mol. The summed E-state index contributed by atoms with van der Waals surface area (Å²) in [6.07, 6.45) is 1.97. The van der Waals surface area contributed by atoms with Crippen LogP contribution in [0.3, 0.4) is 0 Å². The van der Waals surface area contributed by atoms with E-state index < -0.39 is 9.84 Å². The standard InChI is InChI=1S/C7H10N2O3S/c10-13(11)4-2-6(5-13)12-7-1-3-8-9-7/h1,3,6H,2,4-5H2,(H,8,9). The van der Waals surface area contributed by atoms with Crippen molar-refractivity contribution >= 4 is 9.84 Å². The Bertz CT molecular complexity index is 370. The second-order valence-corrected chi connectivity index (χ2v) is 5.28. The highest BCUT2D eigenvalue weighted by Crippen LogP contribution is 2.17. The molecule has 1 unspecified atom stereocenters. The molecule has 72 valence electrons. The summed E-state index contributed by atoms with van der Waals surface area (Å²) >= 11 is 0. The highest BCUT2D eigenvalue weighted by Gasteiger charge is 2.29. The number of sulfone groups is 1. The quantitative estimate of drug-likeness (QED) is 0.731. The summed E-state index contributed by atoms with van der Waals surface area (Å²) in [6.45, 7) is 0. The summed E-state index contributed by atoms with van der Waals surface area (Å²) in [5, 5.41) is 6.39. The third-order valence-corrected chi connectivity index (χ3v) is 3.69. The molecule has 2 heterocycles. The Balaban J connectivity index is 1.99. The van der Waals surface area contributed by atoms with Gasteiger partial charge in [-0.15, -0.1) is 5.10 Å². The lowest BCUT2D eigenvalue weighted by Crippen LogP contribution is -2.17. The molecule has 0 amide bonds. The maximum Gasteiger partial charge on any atom is 0.232 e. The monoisotopic (exact) mass is 202 g/mol. The summed E-state index contributed by atoms with van der Waals surface area (Å²) in [7, 11) is -2.86. The maximum atomic E-state index is 11.1. The van der Waals surface area contributed by atoms with Crippen molar-refractivity contribution in [2.24, 2.45) is 0 Å². The first-order valence-electron chi connectivity index (χ1n) is 4.02. The summed E-state index contributed by atoms with van der Waals surface area (Å²) < 4.78 is 27.5. The minimum atomic E-state index is -2.86. The second kappa shape index (κ2) is 3.02. The Morgan fingerprint density at radius 3 is 3.00 bits per heavy atom.